The van der Waals surface area contributed by atoms with Crippen LogP contribution in [0.25, 0.3) is 0 Å². The molecule has 0 unspecified atom stereocenters. The van der Waals surface area contributed by atoms with Crippen LogP contribution in [-0.4, -0.2) is 7.11 Å². The first-order chi connectivity index (χ1) is 9.63. The molecule has 2 aromatic carbocycles. The van der Waals surface area contributed by atoms with Crippen LogP contribution in [0.15, 0.2) is 41.3 Å². The third-order valence-corrected chi connectivity index (χ3v) is 4.22. The second kappa shape index (κ2) is 6.36. The van der Waals surface area contributed by atoms with E-state index in [4.69, 9.17) is 15.7 Å². The molecule has 0 bridgehead atoms. The number of methoxy groups -OCH3 is 1. The lowest BCUT2D eigenvalue weighted by Gasteiger charge is -2.08. The molecule has 0 aromatic heterocycles. The normalized spacial score (nSPS) is 10.1. The number of rotatable bonds is 4. The van der Waals surface area contributed by atoms with Gasteiger partial charge in [0.2, 0.25) is 0 Å². The zero-order chi connectivity index (χ0) is 14.5. The summed E-state index contributed by atoms with van der Waals surface area (Å²) in [5.41, 5.74) is 9.37. The van der Waals surface area contributed by atoms with Crippen molar-refractivity contribution < 1.29 is 4.74 Å². The lowest BCUT2D eigenvalue weighted by atomic mass is 10.1. The smallest absolute Gasteiger partial charge is 0.136 e. The molecule has 0 saturated heterocycles. The first-order valence-corrected chi connectivity index (χ1v) is 7.18. The molecule has 2 N–H and O–H groups in total. The lowest BCUT2D eigenvalue weighted by molar-refractivity contribution is 0.413. The minimum Gasteiger partial charge on any atom is -0.495 e. The first-order valence-electron chi connectivity index (χ1n) is 6.20. The Kier molecular flexibility index (Phi) is 4.54. The molecule has 20 heavy (non-hydrogen) atoms. The standard InChI is InChI=1S/C16H16N2OS/c1-11-7-14(18)4-6-16(11)20-10-12-3-5-15(19-2)13(8-12)9-17/h3-8H,10,18H2,1-2H3. The van der Waals surface area contributed by atoms with Gasteiger partial charge in [0.15, 0.2) is 0 Å². The highest BCUT2D eigenvalue weighted by Gasteiger charge is 2.05. The first kappa shape index (κ1) is 14.3. The van der Waals surface area contributed by atoms with Gasteiger partial charge in [-0.1, -0.05) is 6.07 Å². The molecule has 0 heterocycles. The van der Waals surface area contributed by atoms with Crippen molar-refractivity contribution >= 4 is 17.4 Å². The van der Waals surface area contributed by atoms with Crippen LogP contribution < -0.4 is 10.5 Å². The molecule has 0 aliphatic rings. The Labute approximate surface area is 123 Å². The summed E-state index contributed by atoms with van der Waals surface area (Å²) in [6.45, 7) is 2.05. The van der Waals surface area contributed by atoms with Gasteiger partial charge in [-0.2, -0.15) is 5.26 Å². The highest BCUT2D eigenvalue weighted by Crippen LogP contribution is 2.29. The number of nitrogens with two attached hydrogens (primary N) is 1. The lowest BCUT2D eigenvalue weighted by Crippen LogP contribution is -1.91. The highest BCUT2D eigenvalue weighted by molar-refractivity contribution is 7.98. The minimum absolute atomic E-state index is 0.569. The van der Waals surface area contributed by atoms with Crippen LogP contribution in [0, 0.1) is 18.3 Å². The highest BCUT2D eigenvalue weighted by atomic mass is 32.2. The summed E-state index contributed by atoms with van der Waals surface area (Å²) >= 11 is 1.74. The van der Waals surface area contributed by atoms with Crippen molar-refractivity contribution in [3.05, 3.63) is 53.1 Å². The van der Waals surface area contributed by atoms with Crippen molar-refractivity contribution in [3.8, 4) is 11.8 Å². The Bertz CT molecular complexity index is 662. The van der Waals surface area contributed by atoms with Crippen molar-refractivity contribution in [1.29, 1.82) is 5.26 Å². The van der Waals surface area contributed by atoms with E-state index >= 15 is 0 Å². The third-order valence-electron chi connectivity index (χ3n) is 2.98. The van der Waals surface area contributed by atoms with Crippen LogP contribution in [0.2, 0.25) is 0 Å². The Morgan fingerprint density at radius 3 is 2.70 bits per heavy atom. The van der Waals surface area contributed by atoms with E-state index in [9.17, 15) is 0 Å². The van der Waals surface area contributed by atoms with Crippen LogP contribution in [0.3, 0.4) is 0 Å². The summed E-state index contributed by atoms with van der Waals surface area (Å²) in [6.07, 6.45) is 0. The number of thioether (sulfide) groups is 1. The number of nitriles is 1. The van der Waals surface area contributed by atoms with Gasteiger partial charge in [0.05, 0.1) is 12.7 Å². The fourth-order valence-electron chi connectivity index (χ4n) is 1.93. The van der Waals surface area contributed by atoms with Gasteiger partial charge in [-0.25, -0.2) is 0 Å². The number of aryl methyl sites for hydroxylation is 1. The van der Waals surface area contributed by atoms with E-state index in [1.165, 1.54) is 10.5 Å². The summed E-state index contributed by atoms with van der Waals surface area (Å²) in [6, 6.07) is 13.8. The Balaban J connectivity index is 2.13. The van der Waals surface area contributed by atoms with Gasteiger partial charge in [0, 0.05) is 16.3 Å². The van der Waals surface area contributed by atoms with Crippen molar-refractivity contribution in [3.63, 3.8) is 0 Å². The molecule has 4 heteroatoms. The van der Waals surface area contributed by atoms with Gasteiger partial charge in [-0.15, -0.1) is 11.8 Å². The molecule has 102 valence electrons. The zero-order valence-electron chi connectivity index (χ0n) is 11.5. The van der Waals surface area contributed by atoms with E-state index in [2.05, 4.69) is 6.07 Å². The van der Waals surface area contributed by atoms with Crippen LogP contribution in [0.4, 0.5) is 5.69 Å². The average Bonchev–Trinajstić information content (AvgIpc) is 2.46. The molecular weight excluding hydrogens is 268 g/mol. The molecule has 0 radical (unpaired) electrons. The van der Waals surface area contributed by atoms with Crippen molar-refractivity contribution in [1.82, 2.24) is 0 Å². The van der Waals surface area contributed by atoms with Gasteiger partial charge in [0.25, 0.3) is 0 Å². The molecule has 0 aliphatic carbocycles. The molecule has 0 aliphatic heterocycles. The van der Waals surface area contributed by atoms with Gasteiger partial charge in [-0.05, 0) is 48.4 Å². The largest absolute Gasteiger partial charge is 0.495 e. The van der Waals surface area contributed by atoms with Crippen molar-refractivity contribution in [2.24, 2.45) is 0 Å². The molecule has 2 rings (SSSR count). The maximum Gasteiger partial charge on any atom is 0.136 e. The summed E-state index contributed by atoms with van der Waals surface area (Å²) in [7, 11) is 1.57. The van der Waals surface area contributed by atoms with E-state index in [1.54, 1.807) is 18.9 Å². The summed E-state index contributed by atoms with van der Waals surface area (Å²) < 4.78 is 5.14. The van der Waals surface area contributed by atoms with E-state index in [0.717, 1.165) is 17.0 Å². The number of anilines is 1. The second-order valence-electron chi connectivity index (χ2n) is 4.46. The summed E-state index contributed by atoms with van der Waals surface area (Å²) in [4.78, 5) is 1.20. The number of hydrogen-bond acceptors (Lipinski definition) is 4. The zero-order valence-corrected chi connectivity index (χ0v) is 12.3. The van der Waals surface area contributed by atoms with Crippen LogP contribution in [0.1, 0.15) is 16.7 Å². The Hall–Kier alpha value is -2.12. The maximum atomic E-state index is 9.08. The van der Waals surface area contributed by atoms with Gasteiger partial charge >= 0.3 is 0 Å². The minimum atomic E-state index is 0.569. The van der Waals surface area contributed by atoms with Crippen molar-refractivity contribution in [2.45, 2.75) is 17.6 Å². The Morgan fingerprint density at radius 1 is 1.25 bits per heavy atom. The second-order valence-corrected chi connectivity index (χ2v) is 5.48. The maximum absolute atomic E-state index is 9.08. The van der Waals surface area contributed by atoms with Gasteiger partial charge in [-0.3, -0.25) is 0 Å². The third kappa shape index (κ3) is 3.25. The van der Waals surface area contributed by atoms with Crippen LogP contribution in [-0.2, 0) is 5.75 Å². The van der Waals surface area contributed by atoms with E-state index in [-0.39, 0.29) is 0 Å². The summed E-state index contributed by atoms with van der Waals surface area (Å²) in [5, 5.41) is 9.08. The molecule has 2 aromatic rings. The molecular formula is C16H16N2OS. The predicted molar refractivity (Wildman–Crippen MR) is 82.9 cm³/mol. The number of hydrogen-bond donors (Lipinski definition) is 1. The van der Waals surface area contributed by atoms with Gasteiger partial charge in [0.1, 0.15) is 11.8 Å². The predicted octanol–water partition coefficient (Wildman–Crippen LogP) is 3.75. The molecule has 3 nitrogen and oxygen atoms in total. The van der Waals surface area contributed by atoms with Crippen molar-refractivity contribution in [2.75, 3.05) is 12.8 Å². The number of benzene rings is 2. The topological polar surface area (TPSA) is 59.0 Å². The van der Waals surface area contributed by atoms with E-state index < -0.39 is 0 Å². The molecule has 0 spiro atoms. The van der Waals surface area contributed by atoms with E-state index in [0.29, 0.717) is 11.3 Å². The number of nitrogen functional groups attached to an aromatic ring is 1. The molecule has 0 fully saturated rings. The molecule has 0 amide bonds. The number of nitrogens with zero attached hydrogens (tertiary/aromatic N) is 1. The Morgan fingerprint density at radius 2 is 2.05 bits per heavy atom. The molecule has 0 atom stereocenters. The average molecular weight is 284 g/mol. The fraction of sp³-hybridized carbons (Fsp3) is 0.188. The molecule has 0 saturated carbocycles. The van der Waals surface area contributed by atoms with Gasteiger partial charge < -0.3 is 10.5 Å². The summed E-state index contributed by atoms with van der Waals surface area (Å²) in [5.74, 6) is 1.42. The van der Waals surface area contributed by atoms with Crippen LogP contribution >= 0.6 is 11.8 Å². The van der Waals surface area contributed by atoms with E-state index in [1.807, 2.05) is 43.3 Å². The quantitative estimate of drug-likeness (QED) is 0.686. The van der Waals surface area contributed by atoms with Crippen LogP contribution in [0.5, 0.6) is 5.75 Å². The fourth-order valence-corrected chi connectivity index (χ4v) is 2.88. The number of ether oxygens (including phenoxy) is 1. The monoisotopic (exact) mass is 284 g/mol. The SMILES string of the molecule is COc1ccc(CSc2ccc(N)cc2C)cc1C#N.